The van der Waals surface area contributed by atoms with Gasteiger partial charge in [0.25, 0.3) is 0 Å². The highest BCUT2D eigenvalue weighted by molar-refractivity contribution is 5.88. The Bertz CT molecular complexity index is 770. The van der Waals surface area contributed by atoms with Gasteiger partial charge in [-0.25, -0.2) is 4.98 Å². The largest absolute Gasteiger partial charge is 0.457 e. The topological polar surface area (TPSA) is 45.9 Å². The fourth-order valence-electron chi connectivity index (χ4n) is 1.95. The monoisotopic (exact) mass is 246 g/mol. The maximum absolute atomic E-state index is 8.83. The molecule has 3 rings (SSSR count). The molecule has 0 saturated heterocycles. The van der Waals surface area contributed by atoms with Crippen molar-refractivity contribution in [2.75, 3.05) is 0 Å². The Morgan fingerprint density at radius 1 is 1.00 bits per heavy atom. The first-order chi connectivity index (χ1) is 9.36. The van der Waals surface area contributed by atoms with Crippen molar-refractivity contribution in [2.45, 2.75) is 0 Å². The van der Waals surface area contributed by atoms with Gasteiger partial charge in [-0.3, -0.25) is 0 Å². The van der Waals surface area contributed by atoms with E-state index in [1.807, 2.05) is 48.5 Å². The number of rotatable bonds is 2. The van der Waals surface area contributed by atoms with Crippen molar-refractivity contribution in [3.8, 4) is 17.6 Å². The predicted octanol–water partition coefficient (Wildman–Crippen LogP) is 3.90. The molecule has 0 bridgehead atoms. The van der Waals surface area contributed by atoms with Crippen LogP contribution >= 0.6 is 0 Å². The van der Waals surface area contributed by atoms with Crippen LogP contribution in [-0.4, -0.2) is 4.98 Å². The fourth-order valence-corrected chi connectivity index (χ4v) is 1.95. The van der Waals surface area contributed by atoms with Gasteiger partial charge in [-0.15, -0.1) is 0 Å². The van der Waals surface area contributed by atoms with E-state index in [4.69, 9.17) is 10.00 Å². The minimum Gasteiger partial charge on any atom is -0.457 e. The quantitative estimate of drug-likeness (QED) is 0.688. The molecule has 0 radical (unpaired) electrons. The molecule has 3 heteroatoms. The molecule has 0 aliphatic rings. The number of fused-ring (bicyclic) bond motifs is 1. The summed E-state index contributed by atoms with van der Waals surface area (Å²) >= 11 is 0. The van der Waals surface area contributed by atoms with E-state index in [2.05, 4.69) is 4.98 Å². The number of ether oxygens (including phenoxy) is 1. The van der Waals surface area contributed by atoms with Gasteiger partial charge in [0.05, 0.1) is 0 Å². The third-order valence-electron chi connectivity index (χ3n) is 2.82. The van der Waals surface area contributed by atoms with Crippen molar-refractivity contribution in [2.24, 2.45) is 0 Å². The Morgan fingerprint density at radius 2 is 1.84 bits per heavy atom. The number of hydrogen-bond donors (Lipinski definition) is 0. The Hall–Kier alpha value is -2.86. The number of benzene rings is 2. The minimum atomic E-state index is 0.345. The van der Waals surface area contributed by atoms with Gasteiger partial charge >= 0.3 is 0 Å². The van der Waals surface area contributed by atoms with Gasteiger partial charge in [0.15, 0.2) is 0 Å². The summed E-state index contributed by atoms with van der Waals surface area (Å²) in [5, 5.41) is 11.0. The van der Waals surface area contributed by atoms with Gasteiger partial charge in [-0.1, -0.05) is 36.4 Å². The Kier molecular flexibility index (Phi) is 2.83. The normalized spacial score (nSPS) is 10.1. The van der Waals surface area contributed by atoms with Gasteiger partial charge in [-0.2, -0.15) is 5.26 Å². The molecule has 0 fully saturated rings. The summed E-state index contributed by atoms with van der Waals surface area (Å²) in [5.74, 6) is 1.39. The standard InChI is InChI=1S/C16H10N2O/c17-11-13-10-14(8-9-18-13)19-16-7-3-5-12-4-1-2-6-15(12)16/h1-10H. The summed E-state index contributed by atoms with van der Waals surface area (Å²) in [6.07, 6.45) is 1.57. The van der Waals surface area contributed by atoms with E-state index in [0.29, 0.717) is 11.4 Å². The molecule has 0 N–H and O–H groups in total. The van der Waals surface area contributed by atoms with E-state index >= 15 is 0 Å². The average molecular weight is 246 g/mol. The van der Waals surface area contributed by atoms with Crippen LogP contribution in [0, 0.1) is 11.3 Å². The Balaban J connectivity index is 2.04. The van der Waals surface area contributed by atoms with Gasteiger partial charge in [0.2, 0.25) is 0 Å². The summed E-state index contributed by atoms with van der Waals surface area (Å²) in [4.78, 5) is 3.92. The molecule has 19 heavy (non-hydrogen) atoms. The highest BCUT2D eigenvalue weighted by Gasteiger charge is 2.03. The highest BCUT2D eigenvalue weighted by atomic mass is 16.5. The number of nitriles is 1. The molecule has 0 unspecified atom stereocenters. The lowest BCUT2D eigenvalue weighted by Crippen LogP contribution is -1.88. The molecule has 1 heterocycles. The zero-order chi connectivity index (χ0) is 13.1. The van der Waals surface area contributed by atoms with Crippen molar-refractivity contribution in [1.82, 2.24) is 4.98 Å². The van der Waals surface area contributed by atoms with Crippen molar-refractivity contribution in [1.29, 1.82) is 5.26 Å². The molecule has 0 spiro atoms. The molecule has 0 aliphatic heterocycles. The molecule has 3 nitrogen and oxygen atoms in total. The van der Waals surface area contributed by atoms with E-state index < -0.39 is 0 Å². The second kappa shape index (κ2) is 4.79. The Morgan fingerprint density at radius 3 is 2.74 bits per heavy atom. The van der Waals surface area contributed by atoms with Gasteiger partial charge in [0, 0.05) is 17.6 Å². The predicted molar refractivity (Wildman–Crippen MR) is 73.0 cm³/mol. The smallest absolute Gasteiger partial charge is 0.144 e. The third kappa shape index (κ3) is 2.24. The first-order valence-electron chi connectivity index (χ1n) is 5.88. The lowest BCUT2D eigenvalue weighted by atomic mass is 10.1. The summed E-state index contributed by atoms with van der Waals surface area (Å²) in [7, 11) is 0. The number of nitrogens with zero attached hydrogens (tertiary/aromatic N) is 2. The van der Waals surface area contributed by atoms with Crippen LogP contribution in [-0.2, 0) is 0 Å². The van der Waals surface area contributed by atoms with Crippen LogP contribution in [0.3, 0.4) is 0 Å². The zero-order valence-corrected chi connectivity index (χ0v) is 10.1. The molecule has 3 aromatic rings. The number of aromatic nitrogens is 1. The van der Waals surface area contributed by atoms with Crippen LogP contribution in [0.4, 0.5) is 0 Å². The summed E-state index contributed by atoms with van der Waals surface area (Å²) < 4.78 is 5.84. The molecule has 0 atom stereocenters. The lowest BCUT2D eigenvalue weighted by molar-refractivity contribution is 0.487. The number of pyridine rings is 1. The second-order valence-corrected chi connectivity index (χ2v) is 4.07. The van der Waals surface area contributed by atoms with Crippen LogP contribution in [0.15, 0.2) is 60.8 Å². The van der Waals surface area contributed by atoms with Crippen molar-refractivity contribution >= 4 is 10.8 Å². The first kappa shape index (κ1) is 11.2. The van der Waals surface area contributed by atoms with E-state index in [0.717, 1.165) is 16.5 Å². The second-order valence-electron chi connectivity index (χ2n) is 4.07. The van der Waals surface area contributed by atoms with Crippen molar-refractivity contribution in [3.63, 3.8) is 0 Å². The van der Waals surface area contributed by atoms with Gasteiger partial charge in [0.1, 0.15) is 23.3 Å². The van der Waals surface area contributed by atoms with E-state index in [1.165, 1.54) is 0 Å². The number of hydrogen-bond acceptors (Lipinski definition) is 3. The summed E-state index contributed by atoms with van der Waals surface area (Å²) in [6.45, 7) is 0. The third-order valence-corrected chi connectivity index (χ3v) is 2.82. The maximum Gasteiger partial charge on any atom is 0.144 e. The summed E-state index contributed by atoms with van der Waals surface area (Å²) in [6, 6.07) is 19.3. The van der Waals surface area contributed by atoms with E-state index in [-0.39, 0.29) is 0 Å². The van der Waals surface area contributed by atoms with E-state index in [9.17, 15) is 0 Å². The first-order valence-corrected chi connectivity index (χ1v) is 5.88. The van der Waals surface area contributed by atoms with Crippen LogP contribution < -0.4 is 4.74 Å². The average Bonchev–Trinajstić information content (AvgIpc) is 2.48. The Labute approximate surface area is 110 Å². The zero-order valence-electron chi connectivity index (χ0n) is 10.1. The van der Waals surface area contributed by atoms with E-state index in [1.54, 1.807) is 18.3 Å². The lowest BCUT2D eigenvalue weighted by Gasteiger charge is -2.08. The van der Waals surface area contributed by atoms with Crippen LogP contribution in [0.5, 0.6) is 11.5 Å². The molecule has 2 aromatic carbocycles. The van der Waals surface area contributed by atoms with Crippen molar-refractivity contribution in [3.05, 3.63) is 66.5 Å². The molecule has 1 aromatic heterocycles. The van der Waals surface area contributed by atoms with Crippen LogP contribution in [0.2, 0.25) is 0 Å². The minimum absolute atomic E-state index is 0.345. The van der Waals surface area contributed by atoms with Crippen LogP contribution in [0.1, 0.15) is 5.69 Å². The van der Waals surface area contributed by atoms with Crippen molar-refractivity contribution < 1.29 is 4.74 Å². The SMILES string of the molecule is N#Cc1cc(Oc2cccc3ccccc23)ccn1. The summed E-state index contributed by atoms with van der Waals surface area (Å²) in [5.41, 5.74) is 0.345. The highest BCUT2D eigenvalue weighted by Crippen LogP contribution is 2.29. The molecule has 0 amide bonds. The van der Waals surface area contributed by atoms with Gasteiger partial charge in [-0.05, 0) is 17.5 Å². The molecule has 0 aliphatic carbocycles. The van der Waals surface area contributed by atoms with Gasteiger partial charge < -0.3 is 4.74 Å². The molecule has 0 saturated carbocycles. The van der Waals surface area contributed by atoms with Crippen LogP contribution in [0.25, 0.3) is 10.8 Å². The maximum atomic E-state index is 8.83. The molecular weight excluding hydrogens is 236 g/mol. The molecular formula is C16H10N2O. The fraction of sp³-hybridized carbons (Fsp3) is 0. The molecule has 90 valence electrons.